The predicted molar refractivity (Wildman–Crippen MR) is 160 cm³/mol. The van der Waals surface area contributed by atoms with E-state index in [1.54, 1.807) is 18.2 Å². The van der Waals surface area contributed by atoms with E-state index in [0.29, 0.717) is 40.9 Å². The van der Waals surface area contributed by atoms with Crippen molar-refractivity contribution in [2.24, 2.45) is 0 Å². The van der Waals surface area contributed by atoms with Crippen LogP contribution in [0.1, 0.15) is 61.8 Å². The lowest BCUT2D eigenvalue weighted by Crippen LogP contribution is -2.39. The number of unbranched alkanes of at least 4 members (excludes halogenated alkanes) is 2. The van der Waals surface area contributed by atoms with Gasteiger partial charge in [0, 0.05) is 12.1 Å². The van der Waals surface area contributed by atoms with Crippen molar-refractivity contribution in [2.45, 2.75) is 45.6 Å². The van der Waals surface area contributed by atoms with Crippen molar-refractivity contribution in [3.8, 4) is 5.69 Å². The van der Waals surface area contributed by atoms with Gasteiger partial charge in [-0.05, 0) is 60.0 Å². The summed E-state index contributed by atoms with van der Waals surface area (Å²) in [6.07, 6.45) is 3.29. The standard InChI is InChI=1S/C33H31ClFN3O2/c1-3-5-10-20-37(32(39)25-16-11-13-22-12-6-7-14-24(22)25)30(4-2)31-36-29-17-9-8-15-26(29)33(40)38(31)23-18-19-28(35)27(34)21-23/h6-9,11-19,21,30H,3-5,10,20H2,1-2H3. The molecule has 0 radical (unpaired) electrons. The molecule has 0 N–H and O–H groups in total. The molecule has 204 valence electrons. The maximum atomic E-state index is 14.4. The van der Waals surface area contributed by atoms with Crippen LogP contribution in [0.25, 0.3) is 27.4 Å². The van der Waals surface area contributed by atoms with E-state index in [4.69, 9.17) is 16.6 Å². The highest BCUT2D eigenvalue weighted by Gasteiger charge is 2.30. The third-order valence-electron chi connectivity index (χ3n) is 7.31. The molecule has 0 spiro atoms. The summed E-state index contributed by atoms with van der Waals surface area (Å²) >= 11 is 6.16. The van der Waals surface area contributed by atoms with Gasteiger partial charge in [-0.3, -0.25) is 14.2 Å². The third-order valence-corrected chi connectivity index (χ3v) is 7.60. The molecule has 1 unspecified atom stereocenters. The van der Waals surface area contributed by atoms with Crippen LogP contribution in [0.5, 0.6) is 0 Å². The van der Waals surface area contributed by atoms with Crippen molar-refractivity contribution in [3.05, 3.63) is 118 Å². The quantitative estimate of drug-likeness (QED) is 0.173. The van der Waals surface area contributed by atoms with Crippen LogP contribution < -0.4 is 5.56 Å². The Balaban J connectivity index is 1.73. The second kappa shape index (κ2) is 12.0. The van der Waals surface area contributed by atoms with Crippen molar-refractivity contribution in [1.29, 1.82) is 0 Å². The second-order valence-electron chi connectivity index (χ2n) is 9.88. The SMILES string of the molecule is CCCCCN(C(=O)c1cccc2ccccc12)C(CC)c1nc2ccccc2c(=O)n1-c1ccc(F)c(Cl)c1. The van der Waals surface area contributed by atoms with E-state index < -0.39 is 11.9 Å². The molecule has 0 fully saturated rings. The zero-order valence-corrected chi connectivity index (χ0v) is 23.4. The second-order valence-corrected chi connectivity index (χ2v) is 10.3. The van der Waals surface area contributed by atoms with Crippen molar-refractivity contribution in [2.75, 3.05) is 6.54 Å². The fourth-order valence-electron chi connectivity index (χ4n) is 5.29. The van der Waals surface area contributed by atoms with Crippen LogP contribution in [-0.4, -0.2) is 26.9 Å². The molecule has 5 rings (SSSR count). The molecule has 4 aromatic carbocycles. The molecule has 0 bridgehead atoms. The average Bonchev–Trinajstić information content (AvgIpc) is 2.98. The minimum Gasteiger partial charge on any atom is -0.328 e. The number of carbonyl (C=O) groups is 1. The number of hydrogen-bond donors (Lipinski definition) is 0. The Bertz CT molecular complexity index is 1740. The zero-order valence-electron chi connectivity index (χ0n) is 22.6. The van der Waals surface area contributed by atoms with Crippen LogP contribution in [-0.2, 0) is 0 Å². The largest absolute Gasteiger partial charge is 0.328 e. The summed E-state index contributed by atoms with van der Waals surface area (Å²) in [5.74, 6) is -0.280. The summed E-state index contributed by atoms with van der Waals surface area (Å²) < 4.78 is 15.6. The van der Waals surface area contributed by atoms with Gasteiger partial charge in [0.2, 0.25) is 0 Å². The fraction of sp³-hybridized carbons (Fsp3) is 0.242. The van der Waals surface area contributed by atoms with Gasteiger partial charge in [-0.2, -0.15) is 0 Å². The van der Waals surface area contributed by atoms with E-state index in [1.807, 2.05) is 60.4 Å². The van der Waals surface area contributed by atoms with Gasteiger partial charge in [0.25, 0.3) is 11.5 Å². The van der Waals surface area contributed by atoms with E-state index >= 15 is 0 Å². The molecule has 0 aliphatic rings. The Labute approximate surface area is 237 Å². The number of rotatable bonds is 9. The summed E-state index contributed by atoms with van der Waals surface area (Å²) in [5, 5.41) is 2.19. The third kappa shape index (κ3) is 5.24. The summed E-state index contributed by atoms with van der Waals surface area (Å²) in [5.41, 5.74) is 1.24. The average molecular weight is 556 g/mol. The molecule has 5 aromatic rings. The Morgan fingerprint density at radius 3 is 2.42 bits per heavy atom. The number of halogens is 2. The van der Waals surface area contributed by atoms with E-state index in [1.165, 1.54) is 22.8 Å². The van der Waals surface area contributed by atoms with E-state index in [2.05, 4.69) is 6.92 Å². The number of fused-ring (bicyclic) bond motifs is 2. The zero-order chi connectivity index (χ0) is 28.2. The molecule has 1 amide bonds. The molecule has 0 saturated heterocycles. The van der Waals surface area contributed by atoms with E-state index in [0.717, 1.165) is 30.0 Å². The minimum absolute atomic E-state index is 0.0943. The first-order valence-electron chi connectivity index (χ1n) is 13.7. The number of carbonyl (C=O) groups excluding carboxylic acids is 1. The lowest BCUT2D eigenvalue weighted by atomic mass is 10.0. The summed E-state index contributed by atoms with van der Waals surface area (Å²) in [6, 6.07) is 24.4. The van der Waals surface area contributed by atoms with E-state index in [-0.39, 0.29) is 16.5 Å². The minimum atomic E-state index is -0.576. The smallest absolute Gasteiger partial charge is 0.266 e. The van der Waals surface area contributed by atoms with Gasteiger partial charge in [-0.1, -0.05) is 86.8 Å². The molecular weight excluding hydrogens is 525 g/mol. The molecule has 0 aliphatic carbocycles. The van der Waals surface area contributed by atoms with Crippen molar-refractivity contribution in [3.63, 3.8) is 0 Å². The molecule has 7 heteroatoms. The van der Waals surface area contributed by atoms with E-state index in [9.17, 15) is 14.0 Å². The Morgan fingerprint density at radius 2 is 1.68 bits per heavy atom. The van der Waals surface area contributed by atoms with Gasteiger partial charge >= 0.3 is 0 Å². The normalized spacial score (nSPS) is 12.1. The van der Waals surface area contributed by atoms with Crippen molar-refractivity contribution < 1.29 is 9.18 Å². The summed E-state index contributed by atoms with van der Waals surface area (Å²) in [7, 11) is 0. The molecule has 1 atom stereocenters. The number of nitrogens with zero attached hydrogens (tertiary/aromatic N) is 3. The maximum Gasteiger partial charge on any atom is 0.266 e. The summed E-state index contributed by atoms with van der Waals surface area (Å²) in [6.45, 7) is 4.60. The number of hydrogen-bond acceptors (Lipinski definition) is 3. The van der Waals surface area contributed by atoms with Gasteiger partial charge in [0.15, 0.2) is 0 Å². The van der Waals surface area contributed by atoms with Gasteiger partial charge in [0.05, 0.1) is 27.7 Å². The van der Waals surface area contributed by atoms with Crippen LogP contribution in [0.15, 0.2) is 89.7 Å². The predicted octanol–water partition coefficient (Wildman–Crippen LogP) is 8.12. The molecule has 0 aliphatic heterocycles. The number of para-hydroxylation sites is 1. The Hall–Kier alpha value is -4.03. The molecule has 40 heavy (non-hydrogen) atoms. The molecule has 5 nitrogen and oxygen atoms in total. The Kier molecular flexibility index (Phi) is 8.27. The molecule has 0 saturated carbocycles. The van der Waals surface area contributed by atoms with Crippen LogP contribution >= 0.6 is 11.6 Å². The highest BCUT2D eigenvalue weighted by molar-refractivity contribution is 6.30. The van der Waals surface area contributed by atoms with Crippen LogP contribution in [0, 0.1) is 5.82 Å². The van der Waals surface area contributed by atoms with Crippen molar-refractivity contribution >= 4 is 39.2 Å². The van der Waals surface area contributed by atoms with Crippen molar-refractivity contribution in [1.82, 2.24) is 14.5 Å². The first-order chi connectivity index (χ1) is 19.4. The van der Waals surface area contributed by atoms with Gasteiger partial charge < -0.3 is 4.90 Å². The highest BCUT2D eigenvalue weighted by atomic mass is 35.5. The highest BCUT2D eigenvalue weighted by Crippen LogP contribution is 2.30. The molecule has 1 heterocycles. The maximum absolute atomic E-state index is 14.4. The lowest BCUT2D eigenvalue weighted by Gasteiger charge is -2.33. The topological polar surface area (TPSA) is 55.2 Å². The Morgan fingerprint density at radius 1 is 0.950 bits per heavy atom. The fourth-order valence-corrected chi connectivity index (χ4v) is 5.46. The monoisotopic (exact) mass is 555 g/mol. The molecule has 1 aromatic heterocycles. The first kappa shape index (κ1) is 27.5. The number of aromatic nitrogens is 2. The lowest BCUT2D eigenvalue weighted by molar-refractivity contribution is 0.0657. The summed E-state index contributed by atoms with van der Waals surface area (Å²) in [4.78, 5) is 35.1. The number of benzene rings is 4. The first-order valence-corrected chi connectivity index (χ1v) is 14.1. The van der Waals surface area contributed by atoms with Crippen LogP contribution in [0.4, 0.5) is 4.39 Å². The van der Waals surface area contributed by atoms with Crippen LogP contribution in [0.2, 0.25) is 5.02 Å². The van der Waals surface area contributed by atoms with Gasteiger partial charge in [0.1, 0.15) is 11.6 Å². The number of amides is 1. The van der Waals surface area contributed by atoms with Gasteiger partial charge in [-0.25, -0.2) is 9.37 Å². The van der Waals surface area contributed by atoms with Crippen LogP contribution in [0.3, 0.4) is 0 Å². The molecular formula is C33H31ClFN3O2. The van der Waals surface area contributed by atoms with Gasteiger partial charge in [-0.15, -0.1) is 0 Å².